The van der Waals surface area contributed by atoms with E-state index in [4.69, 9.17) is 0 Å². The van der Waals surface area contributed by atoms with Crippen LogP contribution in [0.2, 0.25) is 0 Å². The van der Waals surface area contributed by atoms with E-state index in [9.17, 15) is 0 Å². The van der Waals surface area contributed by atoms with Crippen molar-refractivity contribution in [1.82, 2.24) is 0 Å². The highest BCUT2D eigenvalue weighted by Crippen LogP contribution is 2.51. The molecule has 0 radical (unpaired) electrons. The Hall–Kier alpha value is 0.220. The van der Waals surface area contributed by atoms with Crippen molar-refractivity contribution >= 4 is 15.9 Å². The summed E-state index contributed by atoms with van der Waals surface area (Å²) in [6, 6.07) is 0. The Morgan fingerprint density at radius 1 is 1.00 bits per heavy atom. The van der Waals surface area contributed by atoms with Gasteiger partial charge in [0.2, 0.25) is 0 Å². The minimum absolute atomic E-state index is 0.868. The van der Waals surface area contributed by atoms with E-state index in [2.05, 4.69) is 28.1 Å². The van der Waals surface area contributed by atoms with Gasteiger partial charge in [-0.25, -0.2) is 0 Å². The SMILES string of the molecule is BrC1[C@H]2CCC=CCC[C@@H]12. The molecule has 0 heterocycles. The van der Waals surface area contributed by atoms with Crippen LogP contribution < -0.4 is 0 Å². The lowest BCUT2D eigenvalue weighted by molar-refractivity contribution is 0.605. The van der Waals surface area contributed by atoms with Crippen molar-refractivity contribution in [3.8, 4) is 0 Å². The van der Waals surface area contributed by atoms with Gasteiger partial charge in [-0.3, -0.25) is 0 Å². The Bertz CT molecular complexity index is 135. The Balaban J connectivity index is 1.94. The van der Waals surface area contributed by atoms with E-state index in [-0.39, 0.29) is 0 Å². The molecule has 0 N–H and O–H groups in total. The van der Waals surface area contributed by atoms with Crippen LogP contribution in [-0.2, 0) is 0 Å². The van der Waals surface area contributed by atoms with Crippen molar-refractivity contribution in [3.63, 3.8) is 0 Å². The minimum Gasteiger partial charge on any atom is -0.0885 e. The van der Waals surface area contributed by atoms with Crippen molar-refractivity contribution in [1.29, 1.82) is 0 Å². The van der Waals surface area contributed by atoms with Crippen LogP contribution in [0.5, 0.6) is 0 Å². The molecule has 10 heavy (non-hydrogen) atoms. The van der Waals surface area contributed by atoms with Gasteiger partial charge in [-0.2, -0.15) is 0 Å². The molecule has 56 valence electrons. The van der Waals surface area contributed by atoms with E-state index in [1.807, 2.05) is 0 Å². The molecule has 0 amide bonds. The topological polar surface area (TPSA) is 0 Å². The highest BCUT2D eigenvalue weighted by molar-refractivity contribution is 9.09. The molecule has 0 bridgehead atoms. The second kappa shape index (κ2) is 2.69. The van der Waals surface area contributed by atoms with Crippen molar-refractivity contribution in [2.24, 2.45) is 11.8 Å². The number of allylic oxidation sites excluding steroid dienone is 2. The van der Waals surface area contributed by atoms with Crippen molar-refractivity contribution in [3.05, 3.63) is 12.2 Å². The summed E-state index contributed by atoms with van der Waals surface area (Å²) >= 11 is 3.72. The molecular formula is C9H13Br. The van der Waals surface area contributed by atoms with Crippen LogP contribution in [0.15, 0.2) is 12.2 Å². The molecule has 2 aliphatic carbocycles. The van der Waals surface area contributed by atoms with Gasteiger partial charge in [-0.1, -0.05) is 28.1 Å². The minimum atomic E-state index is 0.868. The summed E-state index contributed by atoms with van der Waals surface area (Å²) < 4.78 is 0. The second-order valence-electron chi connectivity index (χ2n) is 3.40. The maximum absolute atomic E-state index is 3.72. The van der Waals surface area contributed by atoms with Crippen LogP contribution in [-0.4, -0.2) is 4.83 Å². The van der Waals surface area contributed by atoms with E-state index < -0.39 is 0 Å². The summed E-state index contributed by atoms with van der Waals surface area (Å²) in [6.07, 6.45) is 10.1. The monoisotopic (exact) mass is 200 g/mol. The van der Waals surface area contributed by atoms with Crippen LogP contribution in [0.1, 0.15) is 25.7 Å². The van der Waals surface area contributed by atoms with Crippen LogP contribution in [0.25, 0.3) is 0 Å². The Morgan fingerprint density at radius 2 is 1.50 bits per heavy atom. The zero-order valence-electron chi connectivity index (χ0n) is 6.09. The molecule has 0 nitrogen and oxygen atoms in total. The third kappa shape index (κ3) is 1.16. The van der Waals surface area contributed by atoms with Gasteiger partial charge in [0.15, 0.2) is 0 Å². The van der Waals surface area contributed by atoms with E-state index in [0.29, 0.717) is 0 Å². The highest BCUT2D eigenvalue weighted by atomic mass is 79.9. The predicted molar refractivity (Wildman–Crippen MR) is 47.3 cm³/mol. The normalized spacial score (nSPS) is 45.5. The van der Waals surface area contributed by atoms with Crippen LogP contribution >= 0.6 is 15.9 Å². The Labute approximate surface area is 70.8 Å². The molecule has 1 unspecified atom stereocenters. The first-order valence-corrected chi connectivity index (χ1v) is 5.10. The fourth-order valence-corrected chi connectivity index (χ4v) is 3.09. The van der Waals surface area contributed by atoms with Gasteiger partial charge in [-0.15, -0.1) is 0 Å². The number of alkyl halides is 1. The summed E-state index contributed by atoms with van der Waals surface area (Å²) in [7, 11) is 0. The van der Waals surface area contributed by atoms with Crippen molar-refractivity contribution in [2.45, 2.75) is 30.5 Å². The van der Waals surface area contributed by atoms with Gasteiger partial charge in [0.1, 0.15) is 0 Å². The number of hydrogen-bond donors (Lipinski definition) is 0. The van der Waals surface area contributed by atoms with Gasteiger partial charge >= 0.3 is 0 Å². The molecule has 1 saturated carbocycles. The van der Waals surface area contributed by atoms with Crippen LogP contribution in [0, 0.1) is 11.8 Å². The van der Waals surface area contributed by atoms with Gasteiger partial charge in [0.25, 0.3) is 0 Å². The number of hydrogen-bond acceptors (Lipinski definition) is 0. The maximum Gasteiger partial charge on any atom is 0.0208 e. The highest BCUT2D eigenvalue weighted by Gasteiger charge is 2.46. The van der Waals surface area contributed by atoms with Gasteiger partial charge in [-0.05, 0) is 37.5 Å². The molecule has 0 spiro atoms. The molecule has 0 aromatic carbocycles. The number of fused-ring (bicyclic) bond motifs is 1. The smallest absolute Gasteiger partial charge is 0.0208 e. The fraction of sp³-hybridized carbons (Fsp3) is 0.778. The second-order valence-corrected chi connectivity index (χ2v) is 4.46. The summed E-state index contributed by atoms with van der Waals surface area (Å²) in [5.74, 6) is 2.04. The average molecular weight is 201 g/mol. The first kappa shape index (κ1) is 6.90. The van der Waals surface area contributed by atoms with E-state index >= 15 is 0 Å². The van der Waals surface area contributed by atoms with E-state index in [1.165, 1.54) is 25.7 Å². The zero-order chi connectivity index (χ0) is 6.97. The Kier molecular flexibility index (Phi) is 1.86. The molecule has 0 aliphatic heterocycles. The summed E-state index contributed by atoms with van der Waals surface area (Å²) in [5, 5.41) is 0. The molecule has 0 saturated heterocycles. The molecule has 2 rings (SSSR count). The third-order valence-electron chi connectivity index (χ3n) is 2.73. The first-order chi connectivity index (χ1) is 4.89. The van der Waals surface area contributed by atoms with Crippen LogP contribution in [0.3, 0.4) is 0 Å². The average Bonchev–Trinajstić information content (AvgIpc) is 2.39. The summed E-state index contributed by atoms with van der Waals surface area (Å²) in [5.41, 5.74) is 0. The lowest BCUT2D eigenvalue weighted by atomic mass is 10.1. The van der Waals surface area contributed by atoms with E-state index in [1.54, 1.807) is 0 Å². The standard InChI is InChI=1S/C9H13Br/c10-9-7-5-3-1-2-4-6-8(7)9/h1-2,7-9H,3-6H2/t7-,8+,9?. The zero-order valence-corrected chi connectivity index (χ0v) is 7.68. The molecule has 1 heteroatoms. The third-order valence-corrected chi connectivity index (χ3v) is 4.09. The largest absolute Gasteiger partial charge is 0.0885 e. The number of halogens is 1. The molecule has 0 aromatic heterocycles. The van der Waals surface area contributed by atoms with Gasteiger partial charge in [0.05, 0.1) is 0 Å². The van der Waals surface area contributed by atoms with Crippen LogP contribution in [0.4, 0.5) is 0 Å². The quantitative estimate of drug-likeness (QED) is 0.417. The molecule has 1 fully saturated rings. The lowest BCUT2D eigenvalue weighted by Crippen LogP contribution is -1.85. The maximum atomic E-state index is 3.72. The molecular weight excluding hydrogens is 188 g/mol. The first-order valence-electron chi connectivity index (χ1n) is 4.18. The van der Waals surface area contributed by atoms with Gasteiger partial charge < -0.3 is 0 Å². The summed E-state index contributed by atoms with van der Waals surface area (Å²) in [4.78, 5) is 0.868. The van der Waals surface area contributed by atoms with Gasteiger partial charge in [0, 0.05) is 4.83 Å². The number of rotatable bonds is 0. The fourth-order valence-electron chi connectivity index (χ4n) is 1.96. The molecule has 3 atom stereocenters. The van der Waals surface area contributed by atoms with E-state index in [0.717, 1.165) is 16.7 Å². The lowest BCUT2D eigenvalue weighted by Gasteiger charge is -1.98. The Morgan fingerprint density at radius 3 is 2.00 bits per heavy atom. The predicted octanol–water partition coefficient (Wildman–Crippen LogP) is 3.13. The molecule has 2 aliphatic rings. The molecule has 0 aromatic rings. The van der Waals surface area contributed by atoms with Crippen molar-refractivity contribution in [2.75, 3.05) is 0 Å². The summed E-state index contributed by atoms with van der Waals surface area (Å²) in [6.45, 7) is 0. The van der Waals surface area contributed by atoms with Crippen molar-refractivity contribution < 1.29 is 0 Å².